The molecule has 0 saturated heterocycles. The molecule has 21 heavy (non-hydrogen) atoms. The molecule has 0 aliphatic heterocycles. The molecule has 5 nitrogen and oxygen atoms in total. The van der Waals surface area contributed by atoms with Gasteiger partial charge in [0.2, 0.25) is 0 Å². The van der Waals surface area contributed by atoms with E-state index in [1.807, 2.05) is 30.3 Å². The second-order valence-corrected chi connectivity index (χ2v) is 7.80. The second-order valence-electron chi connectivity index (χ2n) is 4.64. The first-order valence-corrected chi connectivity index (χ1v) is 8.82. The van der Waals surface area contributed by atoms with E-state index in [9.17, 15) is 8.42 Å². The van der Waals surface area contributed by atoms with E-state index in [1.54, 1.807) is 6.92 Å². The summed E-state index contributed by atoms with van der Waals surface area (Å²) in [4.78, 5) is 4.87. The number of sulfonamides is 1. The summed E-state index contributed by atoms with van der Waals surface area (Å²) < 4.78 is 26.5. The molecule has 0 spiro atoms. The lowest BCUT2D eigenvalue weighted by molar-refractivity contribution is 0.275. The molecular formula is C14H18N2O3S2. The van der Waals surface area contributed by atoms with Crippen molar-refractivity contribution >= 4 is 21.4 Å². The molecule has 1 aromatic carbocycles. The van der Waals surface area contributed by atoms with Crippen LogP contribution in [0.3, 0.4) is 0 Å². The predicted octanol–water partition coefficient (Wildman–Crippen LogP) is 2.12. The minimum absolute atomic E-state index is 0.0402. The van der Waals surface area contributed by atoms with Gasteiger partial charge in [-0.15, -0.1) is 11.3 Å². The molecule has 0 radical (unpaired) electrons. The largest absolute Gasteiger partial charge is 0.396 e. The molecule has 0 unspecified atom stereocenters. The van der Waals surface area contributed by atoms with Crippen molar-refractivity contribution in [3.8, 4) is 10.4 Å². The second kappa shape index (κ2) is 6.65. The van der Waals surface area contributed by atoms with Crippen LogP contribution >= 0.6 is 11.3 Å². The Morgan fingerprint density at radius 3 is 2.57 bits per heavy atom. The lowest BCUT2D eigenvalue weighted by atomic mass is 10.2. The van der Waals surface area contributed by atoms with Crippen LogP contribution in [0.4, 0.5) is 0 Å². The number of rotatable bonds is 6. The van der Waals surface area contributed by atoms with Gasteiger partial charge in [0.05, 0.1) is 9.88 Å². The van der Waals surface area contributed by atoms with Gasteiger partial charge in [-0.25, -0.2) is 13.4 Å². The van der Waals surface area contributed by atoms with E-state index < -0.39 is 10.0 Å². The van der Waals surface area contributed by atoms with Crippen LogP contribution in [0, 0.1) is 6.92 Å². The lowest BCUT2D eigenvalue weighted by Crippen LogP contribution is -2.29. The summed E-state index contributed by atoms with van der Waals surface area (Å²) in [5.41, 5.74) is 0.845. The Balaban J connectivity index is 2.45. The molecule has 0 atom stereocenters. The summed E-state index contributed by atoms with van der Waals surface area (Å²) in [6.07, 6.45) is 0.402. The maximum absolute atomic E-state index is 12.6. The summed E-state index contributed by atoms with van der Waals surface area (Å²) in [7, 11) is -2.14. The highest BCUT2D eigenvalue weighted by atomic mass is 32.2. The minimum Gasteiger partial charge on any atom is -0.396 e. The molecule has 0 aliphatic carbocycles. The maximum atomic E-state index is 12.6. The summed E-state index contributed by atoms with van der Waals surface area (Å²) in [6, 6.07) is 9.38. The fourth-order valence-corrected chi connectivity index (χ4v) is 4.50. The average molecular weight is 326 g/mol. The van der Waals surface area contributed by atoms with E-state index in [0.717, 1.165) is 5.56 Å². The third-order valence-electron chi connectivity index (χ3n) is 3.02. The summed E-state index contributed by atoms with van der Waals surface area (Å²) in [6.45, 7) is 2.02. The standard InChI is InChI=1S/C14H18N2O3S2/c1-11-15-14(21(18,19)16(2)9-6-10-17)13(20-11)12-7-4-3-5-8-12/h3-5,7-8,17H,6,9-10H2,1-2H3. The topological polar surface area (TPSA) is 70.5 Å². The molecule has 114 valence electrons. The molecule has 0 saturated carbocycles. The van der Waals surface area contributed by atoms with Crippen molar-refractivity contribution in [2.24, 2.45) is 0 Å². The van der Waals surface area contributed by atoms with Crippen molar-refractivity contribution in [1.29, 1.82) is 0 Å². The highest BCUT2D eigenvalue weighted by molar-refractivity contribution is 7.89. The number of nitrogens with zero attached hydrogens (tertiary/aromatic N) is 2. The summed E-state index contributed by atoms with van der Waals surface area (Å²) in [5.74, 6) is 0. The van der Waals surface area contributed by atoms with Crippen molar-refractivity contribution in [1.82, 2.24) is 9.29 Å². The van der Waals surface area contributed by atoms with Gasteiger partial charge in [0, 0.05) is 20.2 Å². The number of aliphatic hydroxyl groups excluding tert-OH is 1. The van der Waals surface area contributed by atoms with E-state index >= 15 is 0 Å². The van der Waals surface area contributed by atoms with E-state index in [1.165, 1.54) is 22.7 Å². The molecule has 1 N–H and O–H groups in total. The van der Waals surface area contributed by atoms with Gasteiger partial charge in [-0.3, -0.25) is 0 Å². The van der Waals surface area contributed by atoms with Gasteiger partial charge in [-0.1, -0.05) is 30.3 Å². The third kappa shape index (κ3) is 3.49. The molecule has 7 heteroatoms. The minimum atomic E-state index is -3.65. The zero-order chi connectivity index (χ0) is 15.5. The number of benzene rings is 1. The Bertz CT molecular complexity index is 696. The molecule has 1 heterocycles. The monoisotopic (exact) mass is 326 g/mol. The van der Waals surface area contributed by atoms with Crippen LogP contribution in [0.1, 0.15) is 11.4 Å². The van der Waals surface area contributed by atoms with Crippen LogP contribution in [0.25, 0.3) is 10.4 Å². The number of hydrogen-bond donors (Lipinski definition) is 1. The summed E-state index contributed by atoms with van der Waals surface area (Å²) >= 11 is 1.37. The highest BCUT2D eigenvalue weighted by Crippen LogP contribution is 2.34. The fraction of sp³-hybridized carbons (Fsp3) is 0.357. The van der Waals surface area contributed by atoms with Gasteiger partial charge in [-0.05, 0) is 18.9 Å². The smallest absolute Gasteiger partial charge is 0.261 e. The van der Waals surface area contributed by atoms with Gasteiger partial charge >= 0.3 is 0 Å². The first kappa shape index (κ1) is 16.1. The Hall–Kier alpha value is -1.28. The van der Waals surface area contributed by atoms with Gasteiger partial charge in [0.25, 0.3) is 10.0 Å². The molecule has 1 aromatic heterocycles. The van der Waals surface area contributed by atoms with Gasteiger partial charge in [0.1, 0.15) is 0 Å². The Kier molecular flexibility index (Phi) is 5.10. The molecule has 0 fully saturated rings. The maximum Gasteiger partial charge on any atom is 0.261 e. The normalized spacial score (nSPS) is 12.0. The first-order valence-electron chi connectivity index (χ1n) is 6.57. The van der Waals surface area contributed by atoms with Crippen molar-refractivity contribution < 1.29 is 13.5 Å². The van der Waals surface area contributed by atoms with E-state index in [-0.39, 0.29) is 18.2 Å². The van der Waals surface area contributed by atoms with E-state index in [4.69, 9.17) is 5.11 Å². The SMILES string of the molecule is Cc1nc(S(=O)(=O)N(C)CCCO)c(-c2ccccc2)s1. The fourth-order valence-electron chi connectivity index (χ4n) is 1.92. The number of thiazole rings is 1. The lowest BCUT2D eigenvalue weighted by Gasteiger charge is -2.16. The van der Waals surface area contributed by atoms with Gasteiger partial charge in [0.15, 0.2) is 5.03 Å². The van der Waals surface area contributed by atoms with Crippen LogP contribution in [-0.4, -0.2) is 43.0 Å². The number of aromatic nitrogens is 1. The highest BCUT2D eigenvalue weighted by Gasteiger charge is 2.28. The first-order chi connectivity index (χ1) is 9.96. The van der Waals surface area contributed by atoms with Crippen LogP contribution in [0.2, 0.25) is 0 Å². The van der Waals surface area contributed by atoms with Crippen LogP contribution in [-0.2, 0) is 10.0 Å². The van der Waals surface area contributed by atoms with Gasteiger partial charge < -0.3 is 5.11 Å². The quantitative estimate of drug-likeness (QED) is 0.883. The summed E-state index contributed by atoms with van der Waals surface area (Å²) in [5, 5.41) is 9.66. The molecule has 2 aromatic rings. The Labute approximate surface area is 128 Å². The molecular weight excluding hydrogens is 308 g/mol. The number of aliphatic hydroxyl groups is 1. The molecule has 0 bridgehead atoms. The van der Waals surface area contributed by atoms with Crippen molar-refractivity contribution in [2.75, 3.05) is 20.2 Å². The Morgan fingerprint density at radius 1 is 1.29 bits per heavy atom. The number of hydrogen-bond acceptors (Lipinski definition) is 5. The van der Waals surface area contributed by atoms with Crippen LogP contribution < -0.4 is 0 Å². The number of aryl methyl sites for hydroxylation is 1. The van der Waals surface area contributed by atoms with Crippen molar-refractivity contribution in [3.63, 3.8) is 0 Å². The molecule has 0 amide bonds. The van der Waals surface area contributed by atoms with E-state index in [0.29, 0.717) is 16.3 Å². The average Bonchev–Trinajstić information content (AvgIpc) is 2.88. The van der Waals surface area contributed by atoms with Crippen LogP contribution in [0.5, 0.6) is 0 Å². The van der Waals surface area contributed by atoms with Crippen molar-refractivity contribution in [2.45, 2.75) is 18.4 Å². The zero-order valence-electron chi connectivity index (χ0n) is 12.0. The van der Waals surface area contributed by atoms with Crippen molar-refractivity contribution in [3.05, 3.63) is 35.3 Å². The molecule has 2 rings (SSSR count). The third-order valence-corrected chi connectivity index (χ3v) is 5.96. The Morgan fingerprint density at radius 2 is 1.95 bits per heavy atom. The predicted molar refractivity (Wildman–Crippen MR) is 83.8 cm³/mol. The van der Waals surface area contributed by atoms with Crippen LogP contribution in [0.15, 0.2) is 35.4 Å². The van der Waals surface area contributed by atoms with E-state index in [2.05, 4.69) is 4.98 Å². The molecule has 0 aliphatic rings. The zero-order valence-corrected chi connectivity index (χ0v) is 13.6. The van der Waals surface area contributed by atoms with Gasteiger partial charge in [-0.2, -0.15) is 4.31 Å².